The molecule has 0 aliphatic heterocycles. The van der Waals surface area contributed by atoms with Crippen LogP contribution in [-0.2, 0) is 3.84 Å². The van der Waals surface area contributed by atoms with E-state index in [1.165, 1.54) is 0 Å². The summed E-state index contributed by atoms with van der Waals surface area (Å²) in [7, 11) is 0. The van der Waals surface area contributed by atoms with Gasteiger partial charge in [0.25, 0.3) is 0 Å². The molecule has 4 heavy (non-hydrogen) atoms. The summed E-state index contributed by atoms with van der Waals surface area (Å²) in [5, 5.41) is 0. The molecular weight excluding hydrogens is 209 g/mol. The third kappa shape index (κ3) is 10.1. The zero-order chi connectivity index (χ0) is 2.71. The first-order valence-corrected chi connectivity index (χ1v) is 0.926. The molecule has 0 amide bonds. The second-order valence-electron chi connectivity index (χ2n) is 0.0583. The Hall–Kier alpha value is 1.36. The van der Waals surface area contributed by atoms with E-state index in [1.807, 2.05) is 0 Å². The van der Waals surface area contributed by atoms with E-state index in [0.717, 1.165) is 0 Å². The van der Waals surface area contributed by atoms with Crippen LogP contribution in [0.1, 0.15) is 0 Å². The van der Waals surface area contributed by atoms with Crippen LogP contribution in [0.3, 0.4) is 0 Å². The Morgan fingerprint density at radius 1 is 1.25 bits per heavy atom. The number of hydrogen-bond donors (Lipinski definition) is 0. The van der Waals surface area contributed by atoms with Crippen LogP contribution in [0.15, 0.2) is 0 Å². The maximum absolute atomic E-state index is 4.26. The topological polar surface area (TPSA) is 9.23 Å². The van der Waals surface area contributed by atoms with Gasteiger partial charge < -0.3 is 0 Å². The predicted octanol–water partition coefficient (Wildman–Crippen LogP) is 0.127. The van der Waals surface area contributed by atoms with E-state index < -0.39 is 0 Å². The third-order valence-corrected chi connectivity index (χ3v) is 0. The SMILES string of the molecule is ClOCl.[SbH3]. The van der Waals surface area contributed by atoms with Crippen LogP contribution in [0.5, 0.6) is 0 Å². The van der Waals surface area contributed by atoms with Crippen molar-refractivity contribution in [2.45, 2.75) is 0 Å². The van der Waals surface area contributed by atoms with Crippen LogP contribution < -0.4 is 0 Å². The minimum atomic E-state index is 0. The van der Waals surface area contributed by atoms with Gasteiger partial charge in [0.15, 0.2) is 0 Å². The van der Waals surface area contributed by atoms with Crippen LogP contribution in [0.2, 0.25) is 0 Å². The van der Waals surface area contributed by atoms with Gasteiger partial charge >= 0.3 is 24.4 Å². The summed E-state index contributed by atoms with van der Waals surface area (Å²) in [6.45, 7) is 0. The van der Waals surface area contributed by atoms with Gasteiger partial charge in [-0.25, -0.2) is 0 Å². The quantitative estimate of drug-likeness (QED) is 0.518. The van der Waals surface area contributed by atoms with E-state index >= 15 is 0 Å². The molecule has 0 radical (unpaired) electrons. The van der Waals surface area contributed by atoms with Crippen molar-refractivity contribution in [1.82, 2.24) is 0 Å². The van der Waals surface area contributed by atoms with Crippen molar-refractivity contribution >= 4 is 48.2 Å². The second kappa shape index (κ2) is 8.84. The molecule has 0 saturated carbocycles. The van der Waals surface area contributed by atoms with Gasteiger partial charge in [0.05, 0.1) is 23.7 Å². The monoisotopic (exact) mass is 210 g/mol. The van der Waals surface area contributed by atoms with Gasteiger partial charge in [-0.05, 0) is 0 Å². The molecule has 0 heterocycles. The van der Waals surface area contributed by atoms with E-state index in [9.17, 15) is 0 Å². The summed E-state index contributed by atoms with van der Waals surface area (Å²) in [6, 6.07) is 0. The second-order valence-corrected chi connectivity index (χ2v) is 0.525. The van der Waals surface area contributed by atoms with Gasteiger partial charge in [0, 0.05) is 0 Å². The zero-order valence-electron chi connectivity index (χ0n) is 1.87. The van der Waals surface area contributed by atoms with Crippen LogP contribution >= 0.6 is 23.7 Å². The standard InChI is InChI=1S/Cl2O.Sb.3H/c1-3-2;;;;. The van der Waals surface area contributed by atoms with Crippen molar-refractivity contribution in [1.29, 1.82) is 0 Å². The molecule has 0 spiro atoms. The molecule has 0 aromatic rings. The molecule has 4 heteroatoms. The summed E-state index contributed by atoms with van der Waals surface area (Å²) < 4.78 is 3.19. The molecule has 0 fully saturated rings. The predicted molar refractivity (Wildman–Crippen MR) is 22.7 cm³/mol. The van der Waals surface area contributed by atoms with Crippen LogP contribution in [0.25, 0.3) is 0 Å². The Labute approximate surface area is 52.0 Å². The Kier molecular flexibility index (Phi) is 19.9. The number of rotatable bonds is 0. The van der Waals surface area contributed by atoms with Crippen molar-refractivity contribution in [3.8, 4) is 0 Å². The van der Waals surface area contributed by atoms with E-state index in [-0.39, 0.29) is 24.4 Å². The van der Waals surface area contributed by atoms with E-state index in [2.05, 4.69) is 27.6 Å². The average molecular weight is 212 g/mol. The van der Waals surface area contributed by atoms with Gasteiger partial charge in [-0.3, -0.25) is 0 Å². The van der Waals surface area contributed by atoms with Gasteiger partial charge in [-0.15, -0.1) is 0 Å². The van der Waals surface area contributed by atoms with E-state index in [4.69, 9.17) is 0 Å². The summed E-state index contributed by atoms with van der Waals surface area (Å²) in [4.78, 5) is 0. The molecule has 0 aromatic carbocycles. The van der Waals surface area contributed by atoms with E-state index in [1.54, 1.807) is 0 Å². The Morgan fingerprint density at radius 2 is 1.25 bits per heavy atom. The first-order chi connectivity index (χ1) is 1.41. The van der Waals surface area contributed by atoms with Crippen LogP contribution in [0.4, 0.5) is 0 Å². The molecule has 0 aromatic heterocycles. The average Bonchev–Trinajstić information content (AvgIpc) is 0.918. The molecule has 0 rings (SSSR count). The summed E-state index contributed by atoms with van der Waals surface area (Å²) >= 11 is 8.53. The summed E-state index contributed by atoms with van der Waals surface area (Å²) in [5.74, 6) is 0. The first-order valence-electron chi connectivity index (χ1n) is 0.309. The van der Waals surface area contributed by atoms with Gasteiger partial charge in [-0.1, -0.05) is 0 Å². The minimum absolute atomic E-state index is 0. The van der Waals surface area contributed by atoms with Gasteiger partial charge in [0.2, 0.25) is 0 Å². The fourth-order valence-corrected chi connectivity index (χ4v) is 0. The molecule has 0 atom stereocenters. The molecule has 1 nitrogen and oxygen atoms in total. The Morgan fingerprint density at radius 3 is 1.25 bits per heavy atom. The fraction of sp³-hybridized carbons (Fsp3) is 0. The molecule has 28 valence electrons. The van der Waals surface area contributed by atoms with E-state index in [0.29, 0.717) is 0 Å². The summed E-state index contributed by atoms with van der Waals surface area (Å²) in [6.07, 6.45) is 0. The van der Waals surface area contributed by atoms with Crippen molar-refractivity contribution < 1.29 is 3.84 Å². The fourth-order valence-electron chi connectivity index (χ4n) is 0. The third-order valence-electron chi connectivity index (χ3n) is 0. The first kappa shape index (κ1) is 9.02. The van der Waals surface area contributed by atoms with Gasteiger partial charge in [-0.2, -0.15) is 3.84 Å². The molecule has 0 aliphatic rings. The number of hydrogen-bond acceptors (Lipinski definition) is 1. The van der Waals surface area contributed by atoms with Crippen molar-refractivity contribution in [3.63, 3.8) is 0 Å². The number of halogens is 2. The Bertz CT molecular complexity index is 6.00. The normalized spacial score (nSPS) is 4.50. The Balaban J connectivity index is 0. The molecule has 0 saturated heterocycles. The molecular formula is H3Cl2OSb. The molecule has 0 N–H and O–H groups in total. The zero-order valence-corrected chi connectivity index (χ0v) is 7.42. The maximum atomic E-state index is 4.26. The summed E-state index contributed by atoms with van der Waals surface area (Å²) in [5.41, 5.74) is 0. The van der Waals surface area contributed by atoms with Crippen molar-refractivity contribution in [2.24, 2.45) is 0 Å². The molecule has 0 unspecified atom stereocenters. The van der Waals surface area contributed by atoms with Crippen molar-refractivity contribution in [2.75, 3.05) is 0 Å². The van der Waals surface area contributed by atoms with Crippen LogP contribution in [-0.4, -0.2) is 24.4 Å². The van der Waals surface area contributed by atoms with Crippen molar-refractivity contribution in [3.05, 3.63) is 0 Å². The van der Waals surface area contributed by atoms with Gasteiger partial charge in [0.1, 0.15) is 0 Å². The molecule has 0 bridgehead atoms. The molecule has 0 aliphatic carbocycles. The van der Waals surface area contributed by atoms with Crippen LogP contribution in [0, 0.1) is 0 Å².